The second-order valence-corrected chi connectivity index (χ2v) is 8.84. The van der Waals surface area contributed by atoms with Gasteiger partial charge in [0.25, 0.3) is 0 Å². The number of halogens is 3. The van der Waals surface area contributed by atoms with E-state index < -0.39 is 41.1 Å². The number of esters is 1. The average Bonchev–Trinajstić information content (AvgIpc) is 2.69. The van der Waals surface area contributed by atoms with E-state index in [9.17, 15) is 18.4 Å². The van der Waals surface area contributed by atoms with Gasteiger partial charge in [-0.2, -0.15) is 0 Å². The van der Waals surface area contributed by atoms with Crippen molar-refractivity contribution >= 4 is 34.7 Å². The first-order valence-electron chi connectivity index (χ1n) is 9.42. The van der Waals surface area contributed by atoms with Crippen molar-refractivity contribution in [3.05, 3.63) is 62.7 Å². The first-order chi connectivity index (χ1) is 14.5. The highest BCUT2D eigenvalue weighted by Crippen LogP contribution is 2.29. The largest absolute Gasteiger partial charge is 0.491 e. The molecule has 9 heteroatoms. The van der Waals surface area contributed by atoms with Crippen molar-refractivity contribution < 1.29 is 32.6 Å². The lowest BCUT2D eigenvalue weighted by molar-refractivity contribution is -0.147. The van der Waals surface area contributed by atoms with Gasteiger partial charge in [0, 0.05) is 6.42 Å². The standard InChI is InChI=1S/C22H24F2INO5/c1-22(2,3)31-21(28)26-16(20(27)30-12-13-8-6-5-7-9-13)11-14-10-15(25)18(24)19(29-4)17(14)23/h5-10,16H,11-12H2,1-4H3,(H,26,28). The fraction of sp³-hybridized carbons (Fsp3) is 0.364. The molecule has 0 saturated carbocycles. The maximum atomic E-state index is 14.7. The predicted molar refractivity (Wildman–Crippen MR) is 119 cm³/mol. The summed E-state index contributed by atoms with van der Waals surface area (Å²) in [5, 5.41) is 2.42. The van der Waals surface area contributed by atoms with Crippen molar-refractivity contribution in [2.45, 2.75) is 45.4 Å². The van der Waals surface area contributed by atoms with Gasteiger partial charge in [0.2, 0.25) is 0 Å². The van der Waals surface area contributed by atoms with Gasteiger partial charge in [-0.25, -0.2) is 18.4 Å². The zero-order chi connectivity index (χ0) is 23.2. The first-order valence-corrected chi connectivity index (χ1v) is 10.5. The van der Waals surface area contributed by atoms with E-state index in [1.807, 2.05) is 6.07 Å². The number of hydrogen-bond donors (Lipinski definition) is 1. The van der Waals surface area contributed by atoms with Crippen molar-refractivity contribution in [1.82, 2.24) is 5.32 Å². The summed E-state index contributed by atoms with van der Waals surface area (Å²) in [4.78, 5) is 25.0. The first kappa shape index (κ1) is 24.8. The molecule has 0 aliphatic rings. The van der Waals surface area contributed by atoms with E-state index in [2.05, 4.69) is 5.32 Å². The molecule has 168 valence electrons. The minimum Gasteiger partial charge on any atom is -0.491 e. The minimum atomic E-state index is -1.26. The Morgan fingerprint density at radius 1 is 1.13 bits per heavy atom. The molecule has 1 unspecified atom stereocenters. The summed E-state index contributed by atoms with van der Waals surface area (Å²) in [5.74, 6) is -3.14. The van der Waals surface area contributed by atoms with Gasteiger partial charge in [-0.1, -0.05) is 30.3 Å². The Bertz CT molecular complexity index is 932. The number of hydrogen-bond acceptors (Lipinski definition) is 5. The number of amides is 1. The van der Waals surface area contributed by atoms with Crippen LogP contribution in [0.15, 0.2) is 36.4 Å². The van der Waals surface area contributed by atoms with E-state index in [-0.39, 0.29) is 22.2 Å². The van der Waals surface area contributed by atoms with E-state index in [4.69, 9.17) is 14.2 Å². The molecule has 0 spiro atoms. The fourth-order valence-corrected chi connectivity index (χ4v) is 3.27. The molecule has 1 N–H and O–H groups in total. The molecule has 0 saturated heterocycles. The molecule has 2 aromatic carbocycles. The van der Waals surface area contributed by atoms with Crippen LogP contribution in [-0.2, 0) is 27.3 Å². The molecule has 0 bridgehead atoms. The monoisotopic (exact) mass is 547 g/mol. The highest BCUT2D eigenvalue weighted by molar-refractivity contribution is 14.1. The van der Waals surface area contributed by atoms with E-state index in [0.29, 0.717) is 0 Å². The maximum Gasteiger partial charge on any atom is 0.408 e. The van der Waals surface area contributed by atoms with Crippen LogP contribution in [0.2, 0.25) is 0 Å². The van der Waals surface area contributed by atoms with E-state index in [0.717, 1.165) is 12.7 Å². The van der Waals surface area contributed by atoms with E-state index in [1.54, 1.807) is 67.6 Å². The number of carbonyl (C=O) groups is 2. The highest BCUT2D eigenvalue weighted by Gasteiger charge is 2.29. The Labute approximate surface area is 193 Å². The summed E-state index contributed by atoms with van der Waals surface area (Å²) < 4.78 is 44.2. The molecule has 0 aromatic heterocycles. The van der Waals surface area contributed by atoms with Crippen LogP contribution in [0.4, 0.5) is 13.6 Å². The van der Waals surface area contributed by atoms with Gasteiger partial charge in [-0.3, -0.25) is 0 Å². The Kier molecular flexibility index (Phi) is 8.60. The number of alkyl carbamates (subject to hydrolysis) is 1. The maximum absolute atomic E-state index is 14.7. The van der Waals surface area contributed by atoms with Gasteiger partial charge in [-0.05, 0) is 60.6 Å². The van der Waals surface area contributed by atoms with Crippen LogP contribution in [0.3, 0.4) is 0 Å². The number of carbonyl (C=O) groups excluding carboxylic acids is 2. The molecule has 0 aliphatic heterocycles. The summed E-state index contributed by atoms with van der Waals surface area (Å²) in [6.07, 6.45) is -1.15. The zero-order valence-corrected chi connectivity index (χ0v) is 19.8. The average molecular weight is 547 g/mol. The van der Waals surface area contributed by atoms with Gasteiger partial charge in [0.05, 0.1) is 10.7 Å². The van der Waals surface area contributed by atoms with Gasteiger partial charge >= 0.3 is 12.1 Å². The summed E-state index contributed by atoms with van der Waals surface area (Å²) >= 11 is 1.70. The molecule has 1 atom stereocenters. The molecule has 31 heavy (non-hydrogen) atoms. The molecular weight excluding hydrogens is 523 g/mol. The van der Waals surface area contributed by atoms with Crippen molar-refractivity contribution in [2.75, 3.05) is 7.11 Å². The number of nitrogens with one attached hydrogen (secondary N) is 1. The van der Waals surface area contributed by atoms with Gasteiger partial charge < -0.3 is 19.5 Å². The van der Waals surface area contributed by atoms with Gasteiger partial charge in [-0.15, -0.1) is 0 Å². The molecule has 2 aromatic rings. The normalized spacial score (nSPS) is 12.1. The van der Waals surface area contributed by atoms with E-state index >= 15 is 0 Å². The van der Waals surface area contributed by atoms with Crippen LogP contribution in [0.5, 0.6) is 5.75 Å². The van der Waals surface area contributed by atoms with Crippen LogP contribution in [-0.4, -0.2) is 30.8 Å². The van der Waals surface area contributed by atoms with Crippen molar-refractivity contribution in [1.29, 1.82) is 0 Å². The van der Waals surface area contributed by atoms with Gasteiger partial charge in [0.1, 0.15) is 18.2 Å². The molecule has 0 heterocycles. The van der Waals surface area contributed by atoms with Crippen LogP contribution in [0, 0.1) is 15.2 Å². The molecule has 2 rings (SSSR count). The number of methoxy groups -OCH3 is 1. The number of ether oxygens (including phenoxy) is 3. The van der Waals surface area contributed by atoms with Crippen LogP contribution in [0.1, 0.15) is 31.9 Å². The third-order valence-corrected chi connectivity index (χ3v) is 4.80. The van der Waals surface area contributed by atoms with Gasteiger partial charge in [0.15, 0.2) is 17.4 Å². The predicted octanol–water partition coefficient (Wildman–Crippen LogP) is 4.76. The number of rotatable bonds is 7. The second kappa shape index (κ2) is 10.7. The third-order valence-electron chi connectivity index (χ3n) is 4.02. The summed E-state index contributed by atoms with van der Waals surface area (Å²) in [6, 6.07) is 8.95. The highest BCUT2D eigenvalue weighted by atomic mass is 127. The summed E-state index contributed by atoms with van der Waals surface area (Å²) in [7, 11) is 1.14. The fourth-order valence-electron chi connectivity index (χ4n) is 2.65. The lowest BCUT2D eigenvalue weighted by Crippen LogP contribution is -2.45. The Hall–Kier alpha value is -2.43. The van der Waals surface area contributed by atoms with Crippen LogP contribution < -0.4 is 10.1 Å². The third kappa shape index (κ3) is 7.34. The SMILES string of the molecule is COc1c(F)c(I)cc(CC(NC(=O)OC(C)(C)C)C(=O)OCc2ccccc2)c1F. The van der Waals surface area contributed by atoms with Crippen molar-refractivity contribution in [3.63, 3.8) is 0 Å². The summed E-state index contributed by atoms with van der Waals surface area (Å²) in [5.41, 5.74) is -0.0705. The second-order valence-electron chi connectivity index (χ2n) is 7.67. The lowest BCUT2D eigenvalue weighted by Gasteiger charge is -2.23. The topological polar surface area (TPSA) is 73.9 Å². The molecular formula is C22H24F2INO5. The Morgan fingerprint density at radius 2 is 1.77 bits per heavy atom. The van der Waals surface area contributed by atoms with E-state index in [1.165, 1.54) is 6.07 Å². The molecule has 6 nitrogen and oxygen atoms in total. The van der Waals surface area contributed by atoms with Crippen molar-refractivity contribution in [2.24, 2.45) is 0 Å². The smallest absolute Gasteiger partial charge is 0.408 e. The summed E-state index contributed by atoms with van der Waals surface area (Å²) in [6.45, 7) is 4.98. The van der Waals surface area contributed by atoms with Crippen LogP contribution in [0.25, 0.3) is 0 Å². The molecule has 1 amide bonds. The molecule has 0 radical (unpaired) electrons. The minimum absolute atomic E-state index is 0.0135. The zero-order valence-electron chi connectivity index (χ0n) is 17.6. The molecule has 0 aliphatic carbocycles. The Balaban J connectivity index is 2.26. The van der Waals surface area contributed by atoms with Crippen LogP contribution >= 0.6 is 22.6 Å². The number of benzene rings is 2. The van der Waals surface area contributed by atoms with Crippen molar-refractivity contribution in [3.8, 4) is 5.75 Å². The Morgan fingerprint density at radius 3 is 2.35 bits per heavy atom. The quantitative estimate of drug-likeness (QED) is 0.308. The lowest BCUT2D eigenvalue weighted by atomic mass is 10.0. The molecule has 0 fully saturated rings.